The van der Waals surface area contributed by atoms with Crippen LogP contribution in [0.25, 0.3) is 0 Å². The van der Waals surface area contributed by atoms with Gasteiger partial charge in [-0.3, -0.25) is 10.00 Å². The number of hydrogen-bond donors (Lipinski definition) is 2. The fourth-order valence-corrected chi connectivity index (χ4v) is 3.28. The fraction of sp³-hybridized carbons (Fsp3) is 0.429. The number of rotatable bonds is 3. The maximum Gasteiger partial charge on any atom is 0.137 e. The lowest BCUT2D eigenvalue weighted by molar-refractivity contribution is 0.196. The second-order valence-electron chi connectivity index (χ2n) is 5.30. The minimum absolute atomic E-state index is 0.0693. The normalized spacial score (nSPS) is 19.8. The van der Waals surface area contributed by atoms with E-state index in [1.807, 2.05) is 0 Å². The molecule has 1 fully saturated rings. The first-order valence-electron chi connectivity index (χ1n) is 6.88. The third kappa shape index (κ3) is 3.15. The van der Waals surface area contributed by atoms with Gasteiger partial charge in [-0.2, -0.15) is 5.10 Å². The smallest absolute Gasteiger partial charge is 0.137 e. The Balaban J connectivity index is 1.75. The molecular formula is C14H16Cl2N4O. The van der Waals surface area contributed by atoms with Gasteiger partial charge in [-0.15, -0.1) is 0 Å². The van der Waals surface area contributed by atoms with Crippen LogP contribution in [0.4, 0.5) is 0 Å². The van der Waals surface area contributed by atoms with Gasteiger partial charge in [0, 0.05) is 29.6 Å². The van der Waals surface area contributed by atoms with Gasteiger partial charge in [-0.1, -0.05) is 23.2 Å². The van der Waals surface area contributed by atoms with Gasteiger partial charge >= 0.3 is 0 Å². The number of nitrogens with one attached hydrogen (secondary N) is 1. The molecule has 2 aromatic rings. The number of aromatic nitrogens is 3. The maximum atomic E-state index is 9.72. The Labute approximate surface area is 132 Å². The summed E-state index contributed by atoms with van der Waals surface area (Å²) in [7, 11) is 0. The molecule has 1 aliphatic heterocycles. The van der Waals surface area contributed by atoms with Crippen LogP contribution < -0.4 is 0 Å². The average molecular weight is 327 g/mol. The van der Waals surface area contributed by atoms with Crippen LogP contribution in [0, 0.1) is 0 Å². The zero-order valence-electron chi connectivity index (χ0n) is 11.4. The van der Waals surface area contributed by atoms with Crippen molar-refractivity contribution in [1.29, 1.82) is 0 Å². The first-order valence-corrected chi connectivity index (χ1v) is 7.64. The highest BCUT2D eigenvalue weighted by Gasteiger charge is 2.24. The highest BCUT2D eigenvalue weighted by molar-refractivity contribution is 6.36. The number of hydrogen-bond acceptors (Lipinski definition) is 4. The molecule has 1 unspecified atom stereocenters. The van der Waals surface area contributed by atoms with Crippen molar-refractivity contribution in [2.24, 2.45) is 0 Å². The Morgan fingerprint density at radius 2 is 2.24 bits per heavy atom. The monoisotopic (exact) mass is 326 g/mol. The molecule has 3 rings (SSSR count). The fourth-order valence-electron chi connectivity index (χ4n) is 2.79. The lowest BCUT2D eigenvalue weighted by Crippen LogP contribution is -2.34. The quantitative estimate of drug-likeness (QED) is 0.909. The van der Waals surface area contributed by atoms with E-state index in [-0.39, 0.29) is 5.75 Å². The molecule has 0 bridgehead atoms. The van der Waals surface area contributed by atoms with Crippen molar-refractivity contribution in [2.75, 3.05) is 13.1 Å². The number of halogens is 2. The Hall–Kier alpha value is -1.30. The number of benzene rings is 1. The van der Waals surface area contributed by atoms with Gasteiger partial charge in [0.05, 0.1) is 5.02 Å². The lowest BCUT2D eigenvalue weighted by Gasteiger charge is -2.32. The van der Waals surface area contributed by atoms with Gasteiger partial charge in [0.25, 0.3) is 0 Å². The summed E-state index contributed by atoms with van der Waals surface area (Å²) in [6.07, 6.45) is 3.71. The van der Waals surface area contributed by atoms with Crippen molar-refractivity contribution < 1.29 is 5.11 Å². The minimum Gasteiger partial charge on any atom is -0.506 e. The molecule has 0 saturated carbocycles. The van der Waals surface area contributed by atoms with Crippen LogP contribution >= 0.6 is 23.2 Å². The highest BCUT2D eigenvalue weighted by atomic mass is 35.5. The zero-order valence-corrected chi connectivity index (χ0v) is 12.9. The van der Waals surface area contributed by atoms with Crippen LogP contribution in [0.1, 0.15) is 30.1 Å². The van der Waals surface area contributed by atoms with Crippen molar-refractivity contribution in [3.05, 3.63) is 39.9 Å². The SMILES string of the molecule is Oc1ccc(Cl)c(CN2CCCC(c3ncn[nH]3)C2)c1Cl. The van der Waals surface area contributed by atoms with Crippen LogP contribution in [-0.2, 0) is 6.54 Å². The number of likely N-dealkylation sites (tertiary alicyclic amines) is 1. The number of nitrogens with zero attached hydrogens (tertiary/aromatic N) is 3. The van der Waals surface area contributed by atoms with E-state index in [0.717, 1.165) is 37.3 Å². The van der Waals surface area contributed by atoms with E-state index in [2.05, 4.69) is 20.1 Å². The molecule has 1 aromatic carbocycles. The van der Waals surface area contributed by atoms with Crippen molar-refractivity contribution >= 4 is 23.2 Å². The predicted molar refractivity (Wildman–Crippen MR) is 81.8 cm³/mol. The van der Waals surface area contributed by atoms with Crippen LogP contribution in [0.2, 0.25) is 10.0 Å². The van der Waals surface area contributed by atoms with Crippen LogP contribution in [0.3, 0.4) is 0 Å². The summed E-state index contributed by atoms with van der Waals surface area (Å²) in [4.78, 5) is 6.53. The summed E-state index contributed by atoms with van der Waals surface area (Å²) in [5.41, 5.74) is 0.775. The molecule has 2 N–H and O–H groups in total. The number of piperidine rings is 1. The standard InChI is InChI=1S/C14H16Cl2N4O/c15-11-3-4-12(21)13(16)10(11)7-20-5-1-2-9(6-20)14-17-8-18-19-14/h3-4,8-9,21H,1-2,5-7H2,(H,17,18,19). The minimum atomic E-state index is 0.0693. The van der Waals surface area contributed by atoms with E-state index in [4.69, 9.17) is 23.2 Å². The number of phenols is 1. The first-order chi connectivity index (χ1) is 10.1. The molecular weight excluding hydrogens is 311 g/mol. The van der Waals surface area contributed by atoms with Crippen molar-refractivity contribution in [2.45, 2.75) is 25.3 Å². The van der Waals surface area contributed by atoms with Crippen LogP contribution in [0.15, 0.2) is 18.5 Å². The third-order valence-electron chi connectivity index (χ3n) is 3.87. The highest BCUT2D eigenvalue weighted by Crippen LogP contribution is 2.34. The molecule has 1 aromatic heterocycles. The van der Waals surface area contributed by atoms with Crippen LogP contribution in [-0.4, -0.2) is 38.3 Å². The van der Waals surface area contributed by atoms with Gasteiger partial charge < -0.3 is 5.11 Å². The molecule has 1 saturated heterocycles. The molecule has 0 radical (unpaired) electrons. The van der Waals surface area contributed by atoms with Crippen molar-refractivity contribution in [1.82, 2.24) is 20.1 Å². The number of phenolic OH excluding ortho intramolecular Hbond substituents is 1. The van der Waals surface area contributed by atoms with E-state index < -0.39 is 0 Å². The number of aromatic hydroxyl groups is 1. The predicted octanol–water partition coefficient (Wildman–Crippen LogP) is 3.20. The second-order valence-corrected chi connectivity index (χ2v) is 6.09. The molecule has 0 aliphatic carbocycles. The Morgan fingerprint density at radius 3 is 3.00 bits per heavy atom. The summed E-state index contributed by atoms with van der Waals surface area (Å²) in [6.45, 7) is 2.47. The summed E-state index contributed by atoms with van der Waals surface area (Å²) >= 11 is 12.4. The first kappa shape index (κ1) is 14.6. The molecule has 1 atom stereocenters. The molecule has 0 amide bonds. The van der Waals surface area contributed by atoms with E-state index in [1.54, 1.807) is 6.07 Å². The van der Waals surface area contributed by atoms with E-state index in [1.165, 1.54) is 12.4 Å². The number of H-pyrrole nitrogens is 1. The second kappa shape index (κ2) is 6.22. The summed E-state index contributed by atoms with van der Waals surface area (Å²) in [6, 6.07) is 3.19. The van der Waals surface area contributed by atoms with Gasteiger partial charge in [-0.25, -0.2) is 4.98 Å². The average Bonchev–Trinajstić information content (AvgIpc) is 3.02. The maximum absolute atomic E-state index is 9.72. The molecule has 7 heteroatoms. The molecule has 5 nitrogen and oxygen atoms in total. The van der Waals surface area contributed by atoms with Gasteiger partial charge in [0.15, 0.2) is 0 Å². The van der Waals surface area contributed by atoms with Gasteiger partial charge in [0.1, 0.15) is 17.9 Å². The molecule has 2 heterocycles. The van der Waals surface area contributed by atoms with E-state index >= 15 is 0 Å². The van der Waals surface area contributed by atoms with Gasteiger partial charge in [-0.05, 0) is 31.5 Å². The third-order valence-corrected chi connectivity index (χ3v) is 4.65. The molecule has 112 valence electrons. The molecule has 1 aliphatic rings. The summed E-state index contributed by atoms with van der Waals surface area (Å²) in [5, 5.41) is 17.5. The molecule has 0 spiro atoms. The summed E-state index contributed by atoms with van der Waals surface area (Å²) < 4.78 is 0. The van der Waals surface area contributed by atoms with Crippen LogP contribution in [0.5, 0.6) is 5.75 Å². The summed E-state index contributed by atoms with van der Waals surface area (Å²) in [5.74, 6) is 1.34. The zero-order chi connectivity index (χ0) is 14.8. The van der Waals surface area contributed by atoms with E-state index in [9.17, 15) is 5.11 Å². The topological polar surface area (TPSA) is 65.0 Å². The van der Waals surface area contributed by atoms with Gasteiger partial charge in [0.2, 0.25) is 0 Å². The largest absolute Gasteiger partial charge is 0.506 e. The molecule has 21 heavy (non-hydrogen) atoms. The lowest BCUT2D eigenvalue weighted by atomic mass is 9.97. The van der Waals surface area contributed by atoms with Crippen molar-refractivity contribution in [3.8, 4) is 5.75 Å². The van der Waals surface area contributed by atoms with Crippen molar-refractivity contribution in [3.63, 3.8) is 0 Å². The Kier molecular flexibility index (Phi) is 4.33. The Morgan fingerprint density at radius 1 is 1.38 bits per heavy atom. The van der Waals surface area contributed by atoms with E-state index in [0.29, 0.717) is 22.5 Å². The Bertz CT molecular complexity index is 618. The number of aromatic amines is 1.